The Kier molecular flexibility index (Phi) is 2.60. The molecule has 102 valence electrons. The van der Waals surface area contributed by atoms with Gasteiger partial charge in [-0.05, 0) is 29.7 Å². The third-order valence-electron chi connectivity index (χ3n) is 3.82. The van der Waals surface area contributed by atoms with Crippen LogP contribution < -0.4 is 0 Å². The first-order chi connectivity index (χ1) is 10.3. The van der Waals surface area contributed by atoms with Gasteiger partial charge >= 0.3 is 0 Å². The molecule has 0 aliphatic rings. The molecule has 0 aliphatic heterocycles. The first-order valence-electron chi connectivity index (χ1n) is 6.86. The van der Waals surface area contributed by atoms with Crippen molar-refractivity contribution in [2.24, 2.45) is 0 Å². The molecular weight excluding hydrogens is 260 g/mol. The molecule has 0 unspecified atom stereocenters. The lowest BCUT2D eigenvalue weighted by Crippen LogP contribution is -1.84. The summed E-state index contributed by atoms with van der Waals surface area (Å²) in [6, 6.07) is 10.4. The zero-order valence-electron chi connectivity index (χ0n) is 11.6. The molecule has 0 aliphatic carbocycles. The van der Waals surface area contributed by atoms with E-state index in [2.05, 4.69) is 51.4 Å². The van der Waals surface area contributed by atoms with Crippen molar-refractivity contribution in [2.75, 3.05) is 0 Å². The zero-order chi connectivity index (χ0) is 14.2. The molecule has 1 aromatic carbocycles. The Morgan fingerprint density at radius 2 is 1.86 bits per heavy atom. The Hall–Kier alpha value is -2.88. The van der Waals surface area contributed by atoms with Crippen LogP contribution in [0.1, 0.15) is 5.56 Å². The van der Waals surface area contributed by atoms with Crippen LogP contribution in [0.2, 0.25) is 0 Å². The van der Waals surface area contributed by atoms with Gasteiger partial charge in [0, 0.05) is 35.1 Å². The van der Waals surface area contributed by atoms with E-state index in [0.717, 1.165) is 22.2 Å². The number of hydrogen-bond donors (Lipinski definition) is 2. The summed E-state index contributed by atoms with van der Waals surface area (Å²) in [6.45, 7) is 2.13. The Morgan fingerprint density at radius 3 is 2.67 bits per heavy atom. The number of fused-ring (bicyclic) bond motifs is 1. The molecule has 0 saturated carbocycles. The van der Waals surface area contributed by atoms with Crippen LogP contribution in [0.25, 0.3) is 33.3 Å². The Labute approximate surface area is 121 Å². The first-order valence-corrected chi connectivity index (χ1v) is 6.86. The van der Waals surface area contributed by atoms with Crippen molar-refractivity contribution in [3.05, 3.63) is 60.7 Å². The molecule has 0 bridgehead atoms. The van der Waals surface area contributed by atoms with Crippen LogP contribution in [0.4, 0.5) is 0 Å². The SMILES string of the molecule is Cc1ccccc1-c1c[nH]c2nccc(-c3cn[nH]c3)c12. The van der Waals surface area contributed by atoms with Crippen LogP contribution >= 0.6 is 0 Å². The van der Waals surface area contributed by atoms with E-state index >= 15 is 0 Å². The maximum atomic E-state index is 4.44. The van der Waals surface area contributed by atoms with E-state index < -0.39 is 0 Å². The van der Waals surface area contributed by atoms with E-state index in [1.807, 2.05) is 30.9 Å². The summed E-state index contributed by atoms with van der Waals surface area (Å²) in [7, 11) is 0. The zero-order valence-corrected chi connectivity index (χ0v) is 11.6. The van der Waals surface area contributed by atoms with Crippen LogP contribution in [0, 0.1) is 6.92 Å². The van der Waals surface area contributed by atoms with Crippen molar-refractivity contribution in [1.29, 1.82) is 0 Å². The molecule has 0 amide bonds. The molecule has 0 saturated heterocycles. The summed E-state index contributed by atoms with van der Waals surface area (Å²) in [5.74, 6) is 0. The Morgan fingerprint density at radius 1 is 0.952 bits per heavy atom. The maximum absolute atomic E-state index is 4.44. The summed E-state index contributed by atoms with van der Waals surface area (Å²) in [5, 5.41) is 8.06. The van der Waals surface area contributed by atoms with Crippen LogP contribution in [0.15, 0.2) is 55.1 Å². The van der Waals surface area contributed by atoms with Gasteiger partial charge in [-0.3, -0.25) is 5.10 Å². The highest BCUT2D eigenvalue weighted by Crippen LogP contribution is 2.36. The molecule has 3 heterocycles. The topological polar surface area (TPSA) is 57.4 Å². The van der Waals surface area contributed by atoms with Gasteiger partial charge in [-0.2, -0.15) is 5.10 Å². The minimum absolute atomic E-state index is 0.895. The fourth-order valence-corrected chi connectivity index (χ4v) is 2.78. The Balaban J connectivity index is 2.06. The summed E-state index contributed by atoms with van der Waals surface area (Å²) in [6.07, 6.45) is 7.60. The van der Waals surface area contributed by atoms with Gasteiger partial charge in [0.2, 0.25) is 0 Å². The molecule has 21 heavy (non-hydrogen) atoms. The standard InChI is InChI=1S/C17H14N4/c1-11-4-2-3-5-13(11)15-10-19-17-16(15)14(6-7-18-17)12-8-20-21-9-12/h2-10H,1H3,(H,18,19)(H,20,21). The van der Waals surface area contributed by atoms with Crippen molar-refractivity contribution < 1.29 is 0 Å². The van der Waals surface area contributed by atoms with Gasteiger partial charge in [0.1, 0.15) is 5.65 Å². The average Bonchev–Trinajstić information content (AvgIpc) is 3.17. The molecule has 3 aromatic heterocycles. The van der Waals surface area contributed by atoms with Crippen molar-refractivity contribution in [3.8, 4) is 22.3 Å². The smallest absolute Gasteiger partial charge is 0.138 e. The van der Waals surface area contributed by atoms with Gasteiger partial charge in [-0.25, -0.2) is 4.98 Å². The molecule has 0 atom stereocenters. The van der Waals surface area contributed by atoms with Crippen molar-refractivity contribution in [1.82, 2.24) is 20.2 Å². The molecule has 0 fully saturated rings. The molecular formula is C17H14N4. The molecule has 4 nitrogen and oxygen atoms in total. The Bertz CT molecular complexity index is 904. The molecule has 0 radical (unpaired) electrons. The van der Waals surface area contributed by atoms with Crippen molar-refractivity contribution in [2.45, 2.75) is 6.92 Å². The van der Waals surface area contributed by atoms with Crippen LogP contribution in [0.5, 0.6) is 0 Å². The predicted molar refractivity (Wildman–Crippen MR) is 83.8 cm³/mol. The molecule has 4 rings (SSSR count). The summed E-state index contributed by atoms with van der Waals surface area (Å²) in [5.41, 5.74) is 6.74. The van der Waals surface area contributed by atoms with Gasteiger partial charge in [0.25, 0.3) is 0 Å². The highest BCUT2D eigenvalue weighted by molar-refractivity contribution is 6.04. The number of benzene rings is 1. The molecule has 4 heteroatoms. The van der Waals surface area contributed by atoms with E-state index in [0.29, 0.717) is 0 Å². The third-order valence-corrected chi connectivity index (χ3v) is 3.82. The number of H-pyrrole nitrogens is 2. The number of aryl methyl sites for hydroxylation is 1. The largest absolute Gasteiger partial charge is 0.345 e. The number of hydrogen-bond acceptors (Lipinski definition) is 2. The summed E-state index contributed by atoms with van der Waals surface area (Å²) < 4.78 is 0. The highest BCUT2D eigenvalue weighted by Gasteiger charge is 2.14. The second-order valence-corrected chi connectivity index (χ2v) is 5.09. The maximum Gasteiger partial charge on any atom is 0.138 e. The van der Waals surface area contributed by atoms with E-state index in [1.54, 1.807) is 0 Å². The summed E-state index contributed by atoms with van der Waals surface area (Å²) in [4.78, 5) is 7.72. The fraction of sp³-hybridized carbons (Fsp3) is 0.0588. The lowest BCUT2D eigenvalue weighted by Gasteiger charge is -2.06. The van der Waals surface area contributed by atoms with Crippen LogP contribution in [0.3, 0.4) is 0 Å². The second kappa shape index (κ2) is 4.59. The van der Waals surface area contributed by atoms with E-state index in [1.165, 1.54) is 16.7 Å². The van der Waals surface area contributed by atoms with E-state index in [-0.39, 0.29) is 0 Å². The van der Waals surface area contributed by atoms with E-state index in [4.69, 9.17) is 0 Å². The summed E-state index contributed by atoms with van der Waals surface area (Å²) >= 11 is 0. The predicted octanol–water partition coefficient (Wildman–Crippen LogP) is 3.93. The monoisotopic (exact) mass is 274 g/mol. The van der Waals surface area contributed by atoms with Gasteiger partial charge < -0.3 is 4.98 Å². The molecule has 4 aromatic rings. The van der Waals surface area contributed by atoms with Crippen molar-refractivity contribution >= 4 is 11.0 Å². The highest BCUT2D eigenvalue weighted by atomic mass is 15.1. The van der Waals surface area contributed by atoms with Gasteiger partial charge in [0.05, 0.1) is 6.20 Å². The minimum atomic E-state index is 0.895. The lowest BCUT2D eigenvalue weighted by molar-refractivity contribution is 1.09. The van der Waals surface area contributed by atoms with Crippen LogP contribution in [-0.4, -0.2) is 20.2 Å². The molecule has 0 spiro atoms. The van der Waals surface area contributed by atoms with Crippen LogP contribution in [-0.2, 0) is 0 Å². The number of rotatable bonds is 2. The number of nitrogens with one attached hydrogen (secondary N) is 2. The first kappa shape index (κ1) is 11.9. The third kappa shape index (κ3) is 1.84. The normalized spacial score (nSPS) is 11.1. The average molecular weight is 274 g/mol. The number of aromatic amines is 2. The quantitative estimate of drug-likeness (QED) is 0.582. The van der Waals surface area contributed by atoms with Gasteiger partial charge in [0.15, 0.2) is 0 Å². The second-order valence-electron chi connectivity index (χ2n) is 5.09. The lowest BCUT2D eigenvalue weighted by atomic mass is 9.97. The van der Waals surface area contributed by atoms with Gasteiger partial charge in [-0.15, -0.1) is 0 Å². The van der Waals surface area contributed by atoms with Gasteiger partial charge in [-0.1, -0.05) is 24.3 Å². The number of aromatic nitrogens is 4. The number of nitrogens with zero attached hydrogens (tertiary/aromatic N) is 2. The minimum Gasteiger partial charge on any atom is -0.345 e. The van der Waals surface area contributed by atoms with Crippen molar-refractivity contribution in [3.63, 3.8) is 0 Å². The number of pyridine rings is 1. The fourth-order valence-electron chi connectivity index (χ4n) is 2.78. The van der Waals surface area contributed by atoms with E-state index in [9.17, 15) is 0 Å². The molecule has 2 N–H and O–H groups in total.